The number of nitrogens with one attached hydrogen (secondary N) is 1. The summed E-state index contributed by atoms with van der Waals surface area (Å²) in [6, 6.07) is 0. The van der Waals surface area contributed by atoms with Crippen LogP contribution in [0.5, 0.6) is 0 Å². The van der Waals surface area contributed by atoms with Crippen molar-refractivity contribution in [3.05, 3.63) is 22.7 Å². The Hall–Kier alpha value is -0.700. The molecule has 1 rings (SSSR count). The number of H-pyrrole nitrogens is 1. The van der Waals surface area contributed by atoms with Crippen LogP contribution < -0.4 is 0 Å². The summed E-state index contributed by atoms with van der Waals surface area (Å²) in [7, 11) is 0. The van der Waals surface area contributed by atoms with E-state index in [4.69, 9.17) is 12.2 Å². The van der Waals surface area contributed by atoms with Crippen LogP contribution in [0.3, 0.4) is 0 Å². The van der Waals surface area contributed by atoms with Crippen LogP contribution in [0, 0.1) is 11.6 Å². The van der Waals surface area contributed by atoms with Gasteiger partial charge in [-0.15, -0.1) is 0 Å². The maximum Gasteiger partial charge on any atom is 0.121 e. The van der Waals surface area contributed by atoms with Gasteiger partial charge in [-0.25, -0.2) is 0 Å². The predicted molar refractivity (Wildman–Crippen MR) is 34.2 cm³/mol. The molecular weight excluding hydrogens is 120 g/mol. The van der Waals surface area contributed by atoms with Gasteiger partial charge in [0.1, 0.15) is 4.64 Å². The van der Waals surface area contributed by atoms with Crippen LogP contribution in [0.1, 0.15) is 5.69 Å². The van der Waals surface area contributed by atoms with E-state index < -0.39 is 0 Å². The number of aromatic nitrogens is 2. The van der Waals surface area contributed by atoms with Crippen LogP contribution >= 0.6 is 12.2 Å². The first-order valence-electron chi connectivity index (χ1n) is 2.30. The molecule has 0 saturated heterocycles. The van der Waals surface area contributed by atoms with E-state index in [1.165, 1.54) is 0 Å². The third kappa shape index (κ3) is 1.13. The van der Waals surface area contributed by atoms with Crippen LogP contribution in [0.2, 0.25) is 0 Å². The minimum Gasteiger partial charge on any atom is -0.348 e. The van der Waals surface area contributed by atoms with Gasteiger partial charge in [-0.1, -0.05) is 12.2 Å². The fourth-order valence-electron chi connectivity index (χ4n) is 0.476. The van der Waals surface area contributed by atoms with E-state index in [-0.39, 0.29) is 0 Å². The largest absolute Gasteiger partial charge is 0.348 e. The summed E-state index contributed by atoms with van der Waals surface area (Å²) < 4.78 is 0.685. The molecule has 0 amide bonds. The SMILES string of the molecule is Cc1cncc(=S)[nH]1. The lowest BCUT2D eigenvalue weighted by atomic mass is 10.5. The molecule has 1 N–H and O–H groups in total. The molecule has 1 aromatic rings. The fraction of sp³-hybridized carbons (Fsp3) is 0.200. The topological polar surface area (TPSA) is 28.7 Å². The van der Waals surface area contributed by atoms with Gasteiger partial charge < -0.3 is 4.98 Å². The minimum atomic E-state index is 0.685. The molecule has 0 bridgehead atoms. The van der Waals surface area contributed by atoms with Gasteiger partial charge in [0, 0.05) is 11.9 Å². The van der Waals surface area contributed by atoms with Crippen molar-refractivity contribution in [3.63, 3.8) is 0 Å². The van der Waals surface area contributed by atoms with Gasteiger partial charge in [0.25, 0.3) is 0 Å². The second-order valence-corrected chi connectivity index (χ2v) is 2.02. The van der Waals surface area contributed by atoms with E-state index in [0.29, 0.717) is 4.64 Å². The zero-order valence-electron chi connectivity index (χ0n) is 4.51. The Morgan fingerprint density at radius 3 is 2.75 bits per heavy atom. The van der Waals surface area contributed by atoms with Crippen LogP contribution in [0.25, 0.3) is 0 Å². The highest BCUT2D eigenvalue weighted by Gasteiger charge is 1.77. The summed E-state index contributed by atoms with van der Waals surface area (Å²) >= 11 is 4.78. The number of hydrogen-bond donors (Lipinski definition) is 1. The predicted octanol–water partition coefficient (Wildman–Crippen LogP) is 1.45. The fourth-order valence-corrected chi connectivity index (χ4v) is 0.697. The highest BCUT2D eigenvalue weighted by Crippen LogP contribution is 1.85. The maximum atomic E-state index is 4.78. The van der Waals surface area contributed by atoms with Crippen molar-refractivity contribution >= 4 is 12.2 Å². The Morgan fingerprint density at radius 2 is 2.38 bits per heavy atom. The Bertz CT molecular complexity index is 228. The molecule has 2 nitrogen and oxygen atoms in total. The average molecular weight is 126 g/mol. The Labute approximate surface area is 52.6 Å². The van der Waals surface area contributed by atoms with Gasteiger partial charge in [-0.2, -0.15) is 0 Å². The van der Waals surface area contributed by atoms with Crippen molar-refractivity contribution in [1.29, 1.82) is 0 Å². The van der Waals surface area contributed by atoms with E-state index in [9.17, 15) is 0 Å². The molecule has 0 aliphatic heterocycles. The quantitative estimate of drug-likeness (QED) is 0.533. The Balaban J connectivity index is 3.28. The lowest BCUT2D eigenvalue weighted by Crippen LogP contribution is -1.80. The molecule has 0 saturated carbocycles. The van der Waals surface area contributed by atoms with Gasteiger partial charge in [0.15, 0.2) is 0 Å². The summed E-state index contributed by atoms with van der Waals surface area (Å²) in [6.45, 7) is 1.92. The number of nitrogens with zero attached hydrogens (tertiary/aromatic N) is 1. The van der Waals surface area contributed by atoms with Crippen LogP contribution in [0.4, 0.5) is 0 Å². The monoisotopic (exact) mass is 126 g/mol. The first kappa shape index (κ1) is 5.44. The lowest BCUT2D eigenvalue weighted by molar-refractivity contribution is 1.10. The maximum absolute atomic E-state index is 4.78. The van der Waals surface area contributed by atoms with Gasteiger partial charge in [-0.05, 0) is 6.92 Å². The van der Waals surface area contributed by atoms with Gasteiger partial charge in [0.2, 0.25) is 0 Å². The average Bonchev–Trinajstić information content (AvgIpc) is 1.64. The lowest BCUT2D eigenvalue weighted by Gasteiger charge is -1.86. The third-order valence-electron chi connectivity index (χ3n) is 0.780. The van der Waals surface area contributed by atoms with E-state index >= 15 is 0 Å². The van der Waals surface area contributed by atoms with Crippen LogP contribution in [0.15, 0.2) is 12.4 Å². The zero-order chi connectivity index (χ0) is 5.98. The number of rotatable bonds is 0. The molecule has 3 heteroatoms. The highest BCUT2D eigenvalue weighted by atomic mass is 32.1. The summed E-state index contributed by atoms with van der Waals surface area (Å²) in [5.41, 5.74) is 0.998. The first-order valence-corrected chi connectivity index (χ1v) is 2.71. The molecule has 1 heterocycles. The van der Waals surface area contributed by atoms with Crippen LogP contribution in [-0.4, -0.2) is 9.97 Å². The van der Waals surface area contributed by atoms with Crippen molar-refractivity contribution in [3.8, 4) is 0 Å². The normalized spacial score (nSPS) is 9.12. The Morgan fingerprint density at radius 1 is 1.62 bits per heavy atom. The second-order valence-electron chi connectivity index (χ2n) is 1.58. The van der Waals surface area contributed by atoms with Crippen LogP contribution in [-0.2, 0) is 0 Å². The van der Waals surface area contributed by atoms with Crippen molar-refractivity contribution < 1.29 is 0 Å². The number of aromatic amines is 1. The van der Waals surface area contributed by atoms with Crippen molar-refractivity contribution in [2.75, 3.05) is 0 Å². The van der Waals surface area contributed by atoms with Gasteiger partial charge in [0.05, 0.1) is 6.20 Å². The zero-order valence-corrected chi connectivity index (χ0v) is 5.33. The molecule has 0 spiro atoms. The van der Waals surface area contributed by atoms with Crippen molar-refractivity contribution in [2.45, 2.75) is 6.92 Å². The molecule has 1 aromatic heterocycles. The molecule has 0 aromatic carbocycles. The molecule has 0 aliphatic rings. The standard InChI is InChI=1S/C5H6N2S/c1-4-2-6-3-5(8)7-4/h2-3H,1H3,(H,7,8). The van der Waals surface area contributed by atoms with Gasteiger partial charge >= 0.3 is 0 Å². The second kappa shape index (κ2) is 2.05. The molecule has 42 valence electrons. The number of hydrogen-bond acceptors (Lipinski definition) is 2. The summed E-state index contributed by atoms with van der Waals surface area (Å²) in [5, 5.41) is 0. The van der Waals surface area contributed by atoms with Crippen molar-refractivity contribution in [2.24, 2.45) is 0 Å². The number of aryl methyl sites for hydroxylation is 1. The summed E-state index contributed by atoms with van der Waals surface area (Å²) in [4.78, 5) is 6.77. The van der Waals surface area contributed by atoms with E-state index in [2.05, 4.69) is 9.97 Å². The summed E-state index contributed by atoms with van der Waals surface area (Å²) in [6.07, 6.45) is 3.35. The molecule has 0 atom stereocenters. The molecule has 0 aliphatic carbocycles. The third-order valence-corrected chi connectivity index (χ3v) is 0.988. The highest BCUT2D eigenvalue weighted by molar-refractivity contribution is 7.71. The van der Waals surface area contributed by atoms with E-state index in [1.54, 1.807) is 12.4 Å². The van der Waals surface area contributed by atoms with Crippen molar-refractivity contribution in [1.82, 2.24) is 9.97 Å². The van der Waals surface area contributed by atoms with Gasteiger partial charge in [-0.3, -0.25) is 4.98 Å². The van der Waals surface area contributed by atoms with E-state index in [1.807, 2.05) is 6.92 Å². The molecule has 8 heavy (non-hydrogen) atoms. The Kier molecular flexibility index (Phi) is 1.39. The molecule has 0 fully saturated rings. The minimum absolute atomic E-state index is 0.685. The molecule has 0 radical (unpaired) electrons. The first-order chi connectivity index (χ1) is 3.79. The van der Waals surface area contributed by atoms with E-state index in [0.717, 1.165) is 5.69 Å². The molecule has 0 unspecified atom stereocenters. The smallest absolute Gasteiger partial charge is 0.121 e. The summed E-state index contributed by atoms with van der Waals surface area (Å²) in [5.74, 6) is 0. The molecular formula is C5H6N2S.